The van der Waals surface area contributed by atoms with Crippen LogP contribution >= 0.6 is 0 Å². The van der Waals surface area contributed by atoms with E-state index in [4.69, 9.17) is 0 Å². The molecule has 1 aliphatic rings. The van der Waals surface area contributed by atoms with E-state index in [9.17, 15) is 18.0 Å². The normalized spacial score (nSPS) is 14.9. The van der Waals surface area contributed by atoms with Gasteiger partial charge in [0.05, 0.1) is 5.56 Å². The van der Waals surface area contributed by atoms with Crippen molar-refractivity contribution in [2.24, 2.45) is 5.92 Å². The Morgan fingerprint density at radius 1 is 1.08 bits per heavy atom. The summed E-state index contributed by atoms with van der Waals surface area (Å²) in [5.74, 6) is 0.539. The highest BCUT2D eigenvalue weighted by molar-refractivity contribution is 5.92. The fourth-order valence-corrected chi connectivity index (χ4v) is 4.94. The van der Waals surface area contributed by atoms with Crippen LogP contribution in [0.2, 0.25) is 0 Å². The monoisotopic (exact) mass is 535 g/mol. The lowest BCUT2D eigenvalue weighted by Gasteiger charge is -2.38. The molecule has 4 rings (SSSR count). The van der Waals surface area contributed by atoms with Crippen molar-refractivity contribution in [1.82, 2.24) is 14.8 Å². The van der Waals surface area contributed by atoms with Crippen molar-refractivity contribution >= 4 is 12.0 Å². The SMILES string of the molecule is C=Cc1ccc(C(=O)N(Cc2ccc(-c3cccc(C(F)(F)F)c3)cc2)C2CCN(CCC(C)C)CC2)nc1. The van der Waals surface area contributed by atoms with Crippen molar-refractivity contribution in [3.05, 3.63) is 95.8 Å². The van der Waals surface area contributed by atoms with Crippen molar-refractivity contribution in [2.75, 3.05) is 19.6 Å². The Morgan fingerprint density at radius 3 is 2.38 bits per heavy atom. The summed E-state index contributed by atoms with van der Waals surface area (Å²) in [6.07, 6.45) is 1.88. The van der Waals surface area contributed by atoms with Gasteiger partial charge in [-0.25, -0.2) is 0 Å². The average Bonchev–Trinajstić information content (AvgIpc) is 2.95. The molecule has 1 aliphatic heterocycles. The molecule has 2 heterocycles. The van der Waals surface area contributed by atoms with Gasteiger partial charge in [0, 0.05) is 31.9 Å². The number of alkyl halides is 3. The van der Waals surface area contributed by atoms with E-state index in [0.29, 0.717) is 29.3 Å². The lowest BCUT2D eigenvalue weighted by atomic mass is 9.99. The topological polar surface area (TPSA) is 36.4 Å². The zero-order chi connectivity index (χ0) is 28.0. The number of aromatic nitrogens is 1. The summed E-state index contributed by atoms with van der Waals surface area (Å²) in [5, 5.41) is 0. The number of carbonyl (C=O) groups excluding carboxylic acids is 1. The molecule has 2 aromatic carbocycles. The Labute approximate surface area is 229 Å². The van der Waals surface area contributed by atoms with Gasteiger partial charge < -0.3 is 9.80 Å². The average molecular weight is 536 g/mol. The molecule has 1 aromatic heterocycles. The maximum absolute atomic E-state index is 13.7. The first-order valence-electron chi connectivity index (χ1n) is 13.5. The van der Waals surface area contributed by atoms with Crippen molar-refractivity contribution in [3.63, 3.8) is 0 Å². The molecular weight excluding hydrogens is 499 g/mol. The Balaban J connectivity index is 1.53. The van der Waals surface area contributed by atoms with Crippen molar-refractivity contribution < 1.29 is 18.0 Å². The van der Waals surface area contributed by atoms with Crippen LogP contribution in [0.3, 0.4) is 0 Å². The van der Waals surface area contributed by atoms with Crippen molar-refractivity contribution in [1.29, 1.82) is 0 Å². The Morgan fingerprint density at radius 2 is 1.79 bits per heavy atom. The molecule has 4 nitrogen and oxygen atoms in total. The smallest absolute Gasteiger partial charge is 0.330 e. The van der Waals surface area contributed by atoms with Gasteiger partial charge in [-0.2, -0.15) is 13.2 Å². The molecule has 1 saturated heterocycles. The molecule has 0 bridgehead atoms. The molecule has 0 atom stereocenters. The van der Waals surface area contributed by atoms with Gasteiger partial charge in [-0.05, 0) is 72.2 Å². The molecule has 1 amide bonds. The molecule has 1 fully saturated rings. The van der Waals surface area contributed by atoms with Crippen LogP contribution in [0.5, 0.6) is 0 Å². The maximum atomic E-state index is 13.7. The van der Waals surface area contributed by atoms with E-state index < -0.39 is 11.7 Å². The quantitative estimate of drug-likeness (QED) is 0.284. The molecule has 39 heavy (non-hydrogen) atoms. The molecular formula is C32H36F3N3O. The van der Waals surface area contributed by atoms with E-state index in [0.717, 1.165) is 62.2 Å². The predicted octanol–water partition coefficient (Wildman–Crippen LogP) is 7.56. The molecule has 0 N–H and O–H groups in total. The molecule has 3 aromatic rings. The zero-order valence-electron chi connectivity index (χ0n) is 22.6. The third-order valence-corrected chi connectivity index (χ3v) is 7.35. The lowest BCUT2D eigenvalue weighted by molar-refractivity contribution is -0.137. The highest BCUT2D eigenvalue weighted by atomic mass is 19.4. The van der Waals surface area contributed by atoms with Crippen LogP contribution in [0.1, 0.15) is 60.3 Å². The van der Waals surface area contributed by atoms with Crippen LogP contribution in [-0.4, -0.2) is 46.4 Å². The number of nitrogens with zero attached hydrogens (tertiary/aromatic N) is 3. The summed E-state index contributed by atoms with van der Waals surface area (Å²) in [5.41, 5.74) is 2.69. The molecule has 0 aliphatic carbocycles. The predicted molar refractivity (Wildman–Crippen MR) is 150 cm³/mol. The number of piperidine rings is 1. The first kappa shape index (κ1) is 28.6. The van der Waals surface area contributed by atoms with Crippen LogP contribution in [0, 0.1) is 5.92 Å². The molecule has 0 spiro atoms. The first-order valence-corrected chi connectivity index (χ1v) is 13.5. The standard InChI is InChI=1S/C32H36F3N3O/c1-4-24-10-13-30(36-21-24)31(39)38(29-15-18-37(19-16-29)17-14-23(2)3)22-25-8-11-26(12-9-25)27-6-5-7-28(20-27)32(33,34)35/h4-13,20-21,23,29H,1,14-19,22H2,2-3H3. The second-order valence-electron chi connectivity index (χ2n) is 10.6. The summed E-state index contributed by atoms with van der Waals surface area (Å²) < 4.78 is 39.5. The van der Waals surface area contributed by atoms with Gasteiger partial charge in [-0.15, -0.1) is 0 Å². The van der Waals surface area contributed by atoms with Crippen molar-refractivity contribution in [3.8, 4) is 11.1 Å². The fraction of sp³-hybridized carbons (Fsp3) is 0.375. The van der Waals surface area contributed by atoms with Gasteiger partial charge in [-0.1, -0.05) is 69.0 Å². The Hall–Kier alpha value is -3.45. The molecule has 206 valence electrons. The number of rotatable bonds is 9. The van der Waals surface area contributed by atoms with Gasteiger partial charge in [0.1, 0.15) is 5.69 Å². The number of halogens is 3. The minimum absolute atomic E-state index is 0.0804. The number of likely N-dealkylation sites (tertiary alicyclic amines) is 1. The third kappa shape index (κ3) is 7.57. The number of pyridine rings is 1. The van der Waals surface area contributed by atoms with Gasteiger partial charge in [0.2, 0.25) is 0 Å². The van der Waals surface area contributed by atoms with E-state index in [-0.39, 0.29) is 11.9 Å². The van der Waals surface area contributed by atoms with E-state index in [1.165, 1.54) is 6.07 Å². The van der Waals surface area contributed by atoms with E-state index in [1.807, 2.05) is 35.2 Å². The van der Waals surface area contributed by atoms with Crippen LogP contribution in [0.25, 0.3) is 17.2 Å². The number of hydrogen-bond donors (Lipinski definition) is 0. The summed E-state index contributed by atoms with van der Waals surface area (Å²) in [6.45, 7) is 11.6. The number of hydrogen-bond acceptors (Lipinski definition) is 3. The van der Waals surface area contributed by atoms with E-state index in [1.54, 1.807) is 24.4 Å². The first-order chi connectivity index (χ1) is 18.6. The largest absolute Gasteiger partial charge is 0.416 e. The lowest BCUT2D eigenvalue weighted by Crippen LogP contribution is -2.47. The van der Waals surface area contributed by atoms with Gasteiger partial charge >= 0.3 is 6.18 Å². The minimum atomic E-state index is -4.39. The molecule has 7 heteroatoms. The number of amides is 1. The number of benzene rings is 2. The van der Waals surface area contributed by atoms with Gasteiger partial charge in [-0.3, -0.25) is 9.78 Å². The summed E-state index contributed by atoms with van der Waals surface area (Å²) >= 11 is 0. The summed E-state index contributed by atoms with van der Waals surface area (Å²) in [6, 6.07) is 16.4. The summed E-state index contributed by atoms with van der Waals surface area (Å²) in [7, 11) is 0. The van der Waals surface area contributed by atoms with E-state index in [2.05, 4.69) is 30.3 Å². The molecule has 0 unspecified atom stereocenters. The van der Waals surface area contributed by atoms with Crippen LogP contribution in [0.15, 0.2) is 73.4 Å². The highest BCUT2D eigenvalue weighted by Crippen LogP contribution is 2.32. The third-order valence-electron chi connectivity index (χ3n) is 7.35. The Kier molecular flexibility index (Phi) is 9.23. The summed E-state index contributed by atoms with van der Waals surface area (Å²) in [4.78, 5) is 22.5. The van der Waals surface area contributed by atoms with Gasteiger partial charge in [0.15, 0.2) is 0 Å². The van der Waals surface area contributed by atoms with Crippen LogP contribution < -0.4 is 0 Å². The van der Waals surface area contributed by atoms with Crippen LogP contribution in [0.4, 0.5) is 13.2 Å². The second-order valence-corrected chi connectivity index (χ2v) is 10.6. The maximum Gasteiger partial charge on any atom is 0.416 e. The van der Waals surface area contributed by atoms with Crippen LogP contribution in [-0.2, 0) is 12.7 Å². The fourth-order valence-electron chi connectivity index (χ4n) is 4.94. The highest BCUT2D eigenvalue weighted by Gasteiger charge is 2.31. The zero-order valence-corrected chi connectivity index (χ0v) is 22.6. The second kappa shape index (κ2) is 12.6. The van der Waals surface area contributed by atoms with E-state index >= 15 is 0 Å². The molecule has 0 radical (unpaired) electrons. The number of carbonyl (C=O) groups is 1. The molecule has 0 saturated carbocycles. The Bertz CT molecular complexity index is 1240. The van der Waals surface area contributed by atoms with Gasteiger partial charge in [0.25, 0.3) is 5.91 Å². The minimum Gasteiger partial charge on any atom is -0.330 e. The van der Waals surface area contributed by atoms with Crippen molar-refractivity contribution in [2.45, 2.75) is 51.9 Å².